The fourth-order valence-electron chi connectivity index (χ4n) is 3.99. The summed E-state index contributed by atoms with van der Waals surface area (Å²) in [6.07, 6.45) is 1.70. The topological polar surface area (TPSA) is 89.6 Å². The van der Waals surface area contributed by atoms with Crippen LogP contribution in [0.15, 0.2) is 83.4 Å². The Morgan fingerprint density at radius 2 is 1.81 bits per heavy atom. The molecule has 9 heteroatoms. The summed E-state index contributed by atoms with van der Waals surface area (Å²) in [6.45, 7) is 2.00. The first-order valence-electron chi connectivity index (χ1n) is 11.2. The van der Waals surface area contributed by atoms with Crippen LogP contribution in [0.4, 0.5) is 0 Å². The molecule has 3 heterocycles. The van der Waals surface area contributed by atoms with E-state index in [1.807, 2.05) is 42.5 Å². The minimum absolute atomic E-state index is 0.0231. The fourth-order valence-corrected chi connectivity index (χ4v) is 7.39. The normalized spacial score (nSPS) is 13.1. The van der Waals surface area contributed by atoms with E-state index < -0.39 is 13.3 Å². The van der Waals surface area contributed by atoms with E-state index in [-0.39, 0.29) is 17.6 Å². The number of hydrogen-bond donors (Lipinski definition) is 1. The van der Waals surface area contributed by atoms with Crippen LogP contribution in [0.25, 0.3) is 32.9 Å². The standard InChI is InChI=1S/C27H21ClNO5PS/c1-2-33-35(32,21-11-9-20(28)10-12-21)16-19-14-25(36-26(19)27(30)31)18-7-5-17(6-8-18)24-15-22-23(34-24)4-3-13-29-22/h3-15H,2,16H2,1H3,(H,30,31). The molecule has 0 aliphatic rings. The molecule has 1 unspecified atom stereocenters. The number of carbonyl (C=O) groups is 1. The molecule has 0 saturated carbocycles. The molecule has 1 N–H and O–H groups in total. The second-order valence-corrected chi connectivity index (χ2v) is 12.0. The zero-order valence-corrected chi connectivity index (χ0v) is 21.6. The molecule has 0 aliphatic carbocycles. The summed E-state index contributed by atoms with van der Waals surface area (Å²) < 4.78 is 25.4. The number of rotatable bonds is 8. The van der Waals surface area contributed by atoms with Gasteiger partial charge in [0.25, 0.3) is 0 Å². The number of thiophene rings is 1. The molecule has 0 bridgehead atoms. The zero-order valence-electron chi connectivity index (χ0n) is 19.2. The van der Waals surface area contributed by atoms with Crippen molar-refractivity contribution >= 4 is 52.7 Å². The van der Waals surface area contributed by atoms with Gasteiger partial charge < -0.3 is 14.0 Å². The van der Waals surface area contributed by atoms with Gasteiger partial charge in [-0.15, -0.1) is 11.3 Å². The molecule has 3 aromatic heterocycles. The average Bonchev–Trinajstić information content (AvgIpc) is 3.49. The van der Waals surface area contributed by atoms with Gasteiger partial charge in [-0.05, 0) is 60.5 Å². The Kier molecular flexibility index (Phi) is 6.82. The first-order valence-corrected chi connectivity index (χ1v) is 14.2. The van der Waals surface area contributed by atoms with Crippen molar-refractivity contribution in [1.29, 1.82) is 0 Å². The van der Waals surface area contributed by atoms with Crippen LogP contribution in [0.3, 0.4) is 0 Å². The van der Waals surface area contributed by atoms with E-state index in [0.29, 0.717) is 27.2 Å². The van der Waals surface area contributed by atoms with Crippen molar-refractivity contribution in [3.63, 3.8) is 0 Å². The van der Waals surface area contributed by atoms with E-state index in [0.717, 1.165) is 32.9 Å². The molecule has 0 fully saturated rings. The molecule has 182 valence electrons. The number of aromatic carboxylic acids is 1. The van der Waals surface area contributed by atoms with Crippen LogP contribution < -0.4 is 5.30 Å². The van der Waals surface area contributed by atoms with Gasteiger partial charge in [-0.2, -0.15) is 0 Å². The van der Waals surface area contributed by atoms with Crippen LogP contribution in [0.1, 0.15) is 22.2 Å². The summed E-state index contributed by atoms with van der Waals surface area (Å²) in [5, 5.41) is 10.9. The molecule has 36 heavy (non-hydrogen) atoms. The monoisotopic (exact) mass is 537 g/mol. The van der Waals surface area contributed by atoms with Crippen LogP contribution in [-0.4, -0.2) is 22.7 Å². The van der Waals surface area contributed by atoms with E-state index in [2.05, 4.69) is 4.98 Å². The SMILES string of the molecule is CCOP(=O)(Cc1cc(-c2ccc(-c3cc4ncccc4o3)cc2)sc1C(=O)O)c1ccc(Cl)cc1. The third-order valence-corrected chi connectivity index (χ3v) is 9.66. The van der Waals surface area contributed by atoms with Crippen molar-refractivity contribution in [2.24, 2.45) is 0 Å². The van der Waals surface area contributed by atoms with Crippen molar-refractivity contribution in [1.82, 2.24) is 4.98 Å². The summed E-state index contributed by atoms with van der Waals surface area (Å²) >= 11 is 7.14. The van der Waals surface area contributed by atoms with Crippen molar-refractivity contribution < 1.29 is 23.4 Å². The molecule has 1 atom stereocenters. The number of carboxylic acids is 1. The summed E-state index contributed by atoms with van der Waals surface area (Å²) in [7, 11) is -3.35. The number of nitrogens with zero attached hydrogens (tertiary/aromatic N) is 1. The molecule has 0 amide bonds. The molecular formula is C27H21ClNO5PS. The van der Waals surface area contributed by atoms with Crippen molar-refractivity contribution in [2.45, 2.75) is 13.1 Å². The number of halogens is 1. The quantitative estimate of drug-likeness (QED) is 0.204. The molecule has 0 aliphatic heterocycles. The van der Waals surface area contributed by atoms with Gasteiger partial charge in [-0.25, -0.2) is 4.79 Å². The first kappa shape index (κ1) is 24.5. The largest absolute Gasteiger partial charge is 0.477 e. The van der Waals surface area contributed by atoms with Gasteiger partial charge in [-0.3, -0.25) is 9.55 Å². The van der Waals surface area contributed by atoms with E-state index >= 15 is 0 Å². The van der Waals surface area contributed by atoms with Gasteiger partial charge >= 0.3 is 5.97 Å². The van der Waals surface area contributed by atoms with E-state index in [1.165, 1.54) is 0 Å². The minimum atomic E-state index is -3.35. The highest BCUT2D eigenvalue weighted by molar-refractivity contribution is 7.66. The lowest BCUT2D eigenvalue weighted by Gasteiger charge is -2.18. The minimum Gasteiger partial charge on any atom is -0.477 e. The maximum absolute atomic E-state index is 13.8. The number of pyridine rings is 1. The van der Waals surface area contributed by atoms with Crippen LogP contribution in [0, 0.1) is 0 Å². The summed E-state index contributed by atoms with van der Waals surface area (Å²) in [5.74, 6) is -0.360. The first-order chi connectivity index (χ1) is 17.4. The lowest BCUT2D eigenvalue weighted by Crippen LogP contribution is -2.10. The zero-order chi connectivity index (χ0) is 25.3. The Bertz CT molecular complexity index is 1560. The fraction of sp³-hybridized carbons (Fsp3) is 0.111. The number of hydrogen-bond acceptors (Lipinski definition) is 6. The smallest absolute Gasteiger partial charge is 0.346 e. The van der Waals surface area contributed by atoms with Crippen molar-refractivity contribution in [2.75, 3.05) is 6.61 Å². The Labute approximate surface area is 216 Å². The summed E-state index contributed by atoms with van der Waals surface area (Å²) in [4.78, 5) is 17.3. The Hall–Kier alpha value is -3.22. The summed E-state index contributed by atoms with van der Waals surface area (Å²) in [6, 6.07) is 21.7. The van der Waals surface area contributed by atoms with Crippen LogP contribution in [-0.2, 0) is 15.3 Å². The third-order valence-electron chi connectivity index (χ3n) is 5.68. The van der Waals surface area contributed by atoms with Crippen molar-refractivity contribution in [3.05, 3.63) is 94.5 Å². The Balaban J connectivity index is 1.47. The highest BCUT2D eigenvalue weighted by Crippen LogP contribution is 2.51. The van der Waals surface area contributed by atoms with Gasteiger partial charge in [0.1, 0.15) is 16.2 Å². The predicted molar refractivity (Wildman–Crippen MR) is 144 cm³/mol. The molecule has 0 spiro atoms. The molecule has 5 rings (SSSR count). The van der Waals surface area contributed by atoms with E-state index in [9.17, 15) is 14.5 Å². The molecular weight excluding hydrogens is 517 g/mol. The van der Waals surface area contributed by atoms with Gasteiger partial charge in [0.15, 0.2) is 5.58 Å². The number of fused-ring (bicyclic) bond motifs is 1. The lowest BCUT2D eigenvalue weighted by atomic mass is 10.1. The highest BCUT2D eigenvalue weighted by Gasteiger charge is 2.30. The van der Waals surface area contributed by atoms with Gasteiger partial charge in [-0.1, -0.05) is 35.9 Å². The van der Waals surface area contributed by atoms with Crippen LogP contribution >= 0.6 is 30.3 Å². The molecule has 0 radical (unpaired) electrons. The maximum Gasteiger partial charge on any atom is 0.346 e. The van der Waals surface area contributed by atoms with Crippen LogP contribution in [0.5, 0.6) is 0 Å². The predicted octanol–water partition coefficient (Wildman–Crippen LogP) is 7.72. The van der Waals surface area contributed by atoms with E-state index in [1.54, 1.807) is 43.5 Å². The molecule has 0 saturated heterocycles. The maximum atomic E-state index is 13.8. The average molecular weight is 538 g/mol. The van der Waals surface area contributed by atoms with E-state index in [4.69, 9.17) is 20.5 Å². The third kappa shape index (κ3) is 4.88. The van der Waals surface area contributed by atoms with Crippen LogP contribution in [0.2, 0.25) is 5.02 Å². The molecule has 5 aromatic rings. The number of carboxylic acid groups (broad SMARTS) is 1. The Morgan fingerprint density at radius 3 is 2.47 bits per heavy atom. The van der Waals surface area contributed by atoms with Crippen molar-refractivity contribution in [3.8, 4) is 21.8 Å². The lowest BCUT2D eigenvalue weighted by molar-refractivity contribution is 0.0701. The summed E-state index contributed by atoms with van der Waals surface area (Å²) in [5.41, 5.74) is 3.71. The van der Waals surface area contributed by atoms with Gasteiger partial charge in [0, 0.05) is 33.0 Å². The molecule has 2 aromatic carbocycles. The number of aromatic nitrogens is 1. The molecule has 6 nitrogen and oxygen atoms in total. The van der Waals surface area contributed by atoms with Gasteiger partial charge in [0.2, 0.25) is 7.37 Å². The Morgan fingerprint density at radius 1 is 1.08 bits per heavy atom. The highest BCUT2D eigenvalue weighted by atomic mass is 35.5. The number of benzene rings is 2. The van der Waals surface area contributed by atoms with Gasteiger partial charge in [0.05, 0.1) is 12.8 Å². The number of furan rings is 1. The second-order valence-electron chi connectivity index (χ2n) is 8.07. The second kappa shape index (κ2) is 10.0.